The van der Waals surface area contributed by atoms with Gasteiger partial charge in [0.1, 0.15) is 43.7 Å². The summed E-state index contributed by atoms with van der Waals surface area (Å²) < 4.78 is 64.0. The van der Waals surface area contributed by atoms with Gasteiger partial charge < -0.3 is 67.8 Å². The van der Waals surface area contributed by atoms with Crippen LogP contribution in [-0.4, -0.2) is 157 Å². The number of esters is 3. The number of fused-ring (bicyclic) bond motifs is 4. The number of hydrogen-bond acceptors (Lipinski definition) is 20. The summed E-state index contributed by atoms with van der Waals surface area (Å²) in [4.78, 5) is 100. The molecule has 456 valence electrons. The van der Waals surface area contributed by atoms with Crippen molar-refractivity contribution in [3.05, 3.63) is 167 Å². The van der Waals surface area contributed by atoms with Crippen molar-refractivity contribution in [2.24, 2.45) is 0 Å². The summed E-state index contributed by atoms with van der Waals surface area (Å²) in [5, 5.41) is 17.4. The number of amides is 3. The van der Waals surface area contributed by atoms with E-state index in [0.717, 1.165) is 36.1 Å². The number of ketones is 1. The van der Waals surface area contributed by atoms with Gasteiger partial charge in [0.2, 0.25) is 9.70 Å². The van der Waals surface area contributed by atoms with Crippen LogP contribution in [0.15, 0.2) is 140 Å². The molecule has 0 aromatic heterocycles. The molecule has 3 aliphatic heterocycles. The minimum Gasteiger partial charge on any atom is -0.457 e. The highest BCUT2D eigenvalue weighted by Crippen LogP contribution is 2.45. The molecule has 3 fully saturated rings. The molecule has 26 heteroatoms. The van der Waals surface area contributed by atoms with E-state index in [4.69, 9.17) is 91.7 Å². The molecule has 3 saturated heterocycles. The van der Waals surface area contributed by atoms with Crippen molar-refractivity contribution in [2.75, 3.05) is 33.0 Å². The Labute approximate surface area is 507 Å². The van der Waals surface area contributed by atoms with Crippen molar-refractivity contribution < 1.29 is 95.6 Å². The van der Waals surface area contributed by atoms with Crippen LogP contribution in [0.2, 0.25) is 0 Å². The van der Waals surface area contributed by atoms with E-state index in [-0.39, 0.29) is 30.3 Å². The third kappa shape index (κ3) is 16.0. The zero-order valence-corrected chi connectivity index (χ0v) is 48.5. The molecular formula is C60H60Cl3N3O20. The molecule has 23 nitrogen and oxygen atoms in total. The van der Waals surface area contributed by atoms with Crippen molar-refractivity contribution in [3.8, 4) is 11.1 Å². The van der Waals surface area contributed by atoms with Crippen LogP contribution in [0.5, 0.6) is 0 Å². The van der Waals surface area contributed by atoms with Crippen LogP contribution in [-0.2, 0) is 71.3 Å². The lowest BCUT2D eigenvalue weighted by molar-refractivity contribution is -0.375. The zero-order chi connectivity index (χ0) is 61.1. The van der Waals surface area contributed by atoms with Gasteiger partial charge in [-0.15, -0.1) is 0 Å². The van der Waals surface area contributed by atoms with Gasteiger partial charge in [0.05, 0.1) is 24.9 Å². The summed E-state index contributed by atoms with van der Waals surface area (Å²) in [6, 6.07) is 36.4. The van der Waals surface area contributed by atoms with Crippen LogP contribution >= 0.6 is 34.8 Å². The van der Waals surface area contributed by atoms with Crippen LogP contribution in [0.1, 0.15) is 70.4 Å². The number of aliphatic hydroxyl groups is 1. The van der Waals surface area contributed by atoms with Crippen molar-refractivity contribution in [2.45, 2.75) is 110 Å². The fourth-order valence-electron chi connectivity index (χ4n) is 10.2. The molecule has 0 saturated carbocycles. The summed E-state index contributed by atoms with van der Waals surface area (Å²) in [5.41, 5.74) is 6.67. The standard InChI is InChI=1S/C60H60Cl3N3O20/c1-32(46(54(72)75-28-43(69)35-17-7-4-8-18-35)65-58(73)78-27-42-40-25-15-13-23-38(40)39-24-14-16-26-41(39)42)80-56-47(64-33(2)67)50(84-53(71)36-19-9-5-10-20-36)48(70)44(82-56)29-77-57-52(86-66-59(74)79-31-60(61,62)63)51(81-34(3)68)49-45(83-57)30-76-55(85-49)37-21-11-6-12-22-37/h4-26,32,42,44-52,55-57,70H,27-31H2,1-3H3,(H,64,67)(H,65,73)(H,66,74)/t32-,44-,45-,46+,47-,48+,49-,50-,51+,52-,55?,56+,57-/m1/s1. The van der Waals surface area contributed by atoms with E-state index >= 15 is 0 Å². The smallest absolute Gasteiger partial charge is 0.431 e. The number of hydrogen-bond donors (Lipinski definition) is 4. The number of aliphatic hydroxyl groups excluding tert-OH is 1. The second-order valence-corrected chi connectivity index (χ2v) is 22.7. The number of Topliss-reactive ketones (excluding diaryl/α,β-unsaturated/α-hetero) is 1. The van der Waals surface area contributed by atoms with Crippen LogP contribution < -0.4 is 16.1 Å². The molecule has 5 aromatic rings. The number of benzene rings is 5. The molecule has 3 heterocycles. The highest BCUT2D eigenvalue weighted by atomic mass is 35.6. The molecule has 4 aliphatic rings. The SMILES string of the molecule is CC(=O)N[C@H]1[C@@H](O[C@H](C)[C@H](NC(=O)OCC2c3ccccc3-c3ccccc32)C(=O)OCC(=O)c2ccccc2)O[C@H](CO[C@@H]2O[C@@H]3COC(c4ccccc4)O[C@H]3[C@H](OC(C)=O)[C@H]2ONC(=O)OCC(Cl)(Cl)Cl)[C@H](O)[C@@H]1OC(=O)c1ccccc1. The van der Waals surface area contributed by atoms with E-state index < -0.39 is 145 Å². The molecule has 5 aromatic carbocycles. The van der Waals surface area contributed by atoms with Gasteiger partial charge in [0.15, 0.2) is 55.6 Å². The van der Waals surface area contributed by atoms with Crippen LogP contribution in [0.3, 0.4) is 0 Å². The lowest BCUT2D eigenvalue weighted by atomic mass is 9.95. The van der Waals surface area contributed by atoms with Gasteiger partial charge >= 0.3 is 30.1 Å². The third-order valence-electron chi connectivity index (χ3n) is 14.2. The number of nitrogens with one attached hydrogen (secondary N) is 3. The van der Waals surface area contributed by atoms with Gasteiger partial charge in [-0.3, -0.25) is 19.2 Å². The monoisotopic (exact) mass is 1250 g/mol. The van der Waals surface area contributed by atoms with Crippen LogP contribution in [0, 0.1) is 0 Å². The Bertz CT molecular complexity index is 3140. The maximum Gasteiger partial charge on any atom is 0.431 e. The molecule has 0 radical (unpaired) electrons. The van der Waals surface area contributed by atoms with Gasteiger partial charge in [-0.2, -0.15) is 5.48 Å². The van der Waals surface area contributed by atoms with E-state index in [1.807, 2.05) is 48.5 Å². The Hall–Kier alpha value is -7.26. The summed E-state index contributed by atoms with van der Waals surface area (Å²) in [7, 11) is 0. The van der Waals surface area contributed by atoms with Crippen molar-refractivity contribution in [1.82, 2.24) is 16.1 Å². The number of hydroxylamine groups is 1. The summed E-state index contributed by atoms with van der Waals surface area (Å²) >= 11 is 17.4. The number of carbonyl (C=O) groups is 7. The molecular weight excluding hydrogens is 1190 g/mol. The Kier molecular flexibility index (Phi) is 21.3. The minimum absolute atomic E-state index is 0.0412. The largest absolute Gasteiger partial charge is 0.457 e. The van der Waals surface area contributed by atoms with E-state index in [1.165, 1.54) is 31.2 Å². The van der Waals surface area contributed by atoms with E-state index in [9.17, 15) is 38.7 Å². The van der Waals surface area contributed by atoms with Gasteiger partial charge in [0, 0.05) is 30.9 Å². The predicted molar refractivity (Wildman–Crippen MR) is 302 cm³/mol. The van der Waals surface area contributed by atoms with Gasteiger partial charge in [-0.1, -0.05) is 162 Å². The quantitative estimate of drug-likeness (QED) is 0.0195. The van der Waals surface area contributed by atoms with E-state index in [0.29, 0.717) is 5.56 Å². The summed E-state index contributed by atoms with van der Waals surface area (Å²) in [6.45, 7) is 1.03. The molecule has 1 unspecified atom stereocenters. The fourth-order valence-corrected chi connectivity index (χ4v) is 10.4. The molecule has 3 amide bonds. The fraction of sp³-hybridized carbons (Fsp3) is 0.383. The first-order valence-corrected chi connectivity index (χ1v) is 28.2. The highest BCUT2D eigenvalue weighted by Gasteiger charge is 2.55. The zero-order valence-electron chi connectivity index (χ0n) is 46.2. The van der Waals surface area contributed by atoms with Gasteiger partial charge in [0.25, 0.3) is 0 Å². The molecule has 0 bridgehead atoms. The summed E-state index contributed by atoms with van der Waals surface area (Å²) in [6.07, 6.45) is -19.0. The lowest BCUT2D eigenvalue weighted by Crippen LogP contribution is -2.67. The van der Waals surface area contributed by atoms with Crippen LogP contribution in [0.25, 0.3) is 11.1 Å². The second-order valence-electron chi connectivity index (χ2n) is 20.2. The number of carbonyl (C=O) groups excluding carboxylic acids is 7. The second kappa shape index (κ2) is 29.0. The minimum atomic E-state index is -2.02. The van der Waals surface area contributed by atoms with Crippen LogP contribution in [0.4, 0.5) is 9.59 Å². The average molecular weight is 1250 g/mol. The average Bonchev–Trinajstić information content (AvgIpc) is 1.45. The first kappa shape index (κ1) is 63.2. The number of ether oxygens (including phenoxy) is 11. The highest BCUT2D eigenvalue weighted by molar-refractivity contribution is 6.67. The Morgan fingerprint density at radius 3 is 1.92 bits per heavy atom. The van der Waals surface area contributed by atoms with Crippen molar-refractivity contribution in [1.29, 1.82) is 0 Å². The normalized spacial score (nSPS) is 24.8. The summed E-state index contributed by atoms with van der Waals surface area (Å²) in [5.74, 6) is -4.62. The Morgan fingerprint density at radius 1 is 0.674 bits per heavy atom. The third-order valence-corrected chi connectivity index (χ3v) is 14.5. The molecule has 0 spiro atoms. The number of alkyl halides is 3. The molecule has 1 aliphatic carbocycles. The Balaban J connectivity index is 0.999. The van der Waals surface area contributed by atoms with Gasteiger partial charge in [-0.05, 0) is 41.3 Å². The predicted octanol–water partition coefficient (Wildman–Crippen LogP) is 6.73. The first-order chi connectivity index (χ1) is 41.3. The number of halogens is 3. The first-order valence-electron chi connectivity index (χ1n) is 27.1. The molecule has 13 atom stereocenters. The molecule has 86 heavy (non-hydrogen) atoms. The maximum atomic E-state index is 14.3. The van der Waals surface area contributed by atoms with Crippen molar-refractivity contribution in [3.63, 3.8) is 0 Å². The van der Waals surface area contributed by atoms with Gasteiger partial charge in [-0.25, -0.2) is 19.2 Å². The maximum absolute atomic E-state index is 14.3. The Morgan fingerprint density at radius 2 is 1.29 bits per heavy atom. The molecule has 9 rings (SSSR count). The number of rotatable bonds is 21. The topological polar surface area (TPSA) is 287 Å². The van der Waals surface area contributed by atoms with E-state index in [1.54, 1.807) is 66.7 Å². The number of alkyl carbamates (subject to hydrolysis) is 1. The van der Waals surface area contributed by atoms with Crippen molar-refractivity contribution >= 4 is 76.6 Å². The lowest BCUT2D eigenvalue weighted by Gasteiger charge is -2.48. The molecule has 4 N–H and O–H groups in total. The van der Waals surface area contributed by atoms with E-state index in [2.05, 4.69) is 16.1 Å².